The Balaban J connectivity index is 2.39. The van der Waals surface area contributed by atoms with Gasteiger partial charge in [0, 0.05) is 17.2 Å². The van der Waals surface area contributed by atoms with Crippen LogP contribution in [0.1, 0.15) is 10.4 Å². The molecule has 2 aromatic rings. The van der Waals surface area contributed by atoms with Crippen LogP contribution in [0, 0.1) is 4.77 Å². The molecule has 1 aliphatic heterocycles. The quantitative estimate of drug-likeness (QED) is 0.683. The van der Waals surface area contributed by atoms with E-state index in [1.54, 1.807) is 22.0 Å². The SMILES string of the molecule is C=CCn1c(=S)[nH]c2sc3c(c2c1=O)CCSC3. The van der Waals surface area contributed by atoms with Crippen molar-refractivity contribution in [3.05, 3.63) is 38.2 Å². The molecule has 18 heavy (non-hydrogen) atoms. The minimum atomic E-state index is 0.0260. The normalized spacial score (nSPS) is 14.7. The monoisotopic (exact) mass is 296 g/mol. The molecule has 2 aromatic heterocycles. The van der Waals surface area contributed by atoms with Crippen LogP contribution >= 0.6 is 35.3 Å². The van der Waals surface area contributed by atoms with Gasteiger partial charge in [0.1, 0.15) is 4.83 Å². The molecular formula is C12H12N2OS3. The highest BCUT2D eigenvalue weighted by Crippen LogP contribution is 2.35. The van der Waals surface area contributed by atoms with Crippen molar-refractivity contribution in [2.45, 2.75) is 18.7 Å². The van der Waals surface area contributed by atoms with E-state index in [9.17, 15) is 4.79 Å². The predicted molar refractivity (Wildman–Crippen MR) is 81.3 cm³/mol. The number of rotatable bonds is 2. The number of H-pyrrole nitrogens is 1. The molecule has 0 amide bonds. The minimum Gasteiger partial charge on any atom is -0.323 e. The standard InChI is InChI=1S/C12H12N2OS3/c1-2-4-14-11(15)9-7-3-5-17-6-8(7)18-10(9)13-12(14)16/h2H,1,3-6H2,(H,13,16). The van der Waals surface area contributed by atoms with Gasteiger partial charge < -0.3 is 4.98 Å². The summed E-state index contributed by atoms with van der Waals surface area (Å²) in [6.45, 7) is 4.13. The van der Waals surface area contributed by atoms with Crippen LogP contribution in [0.5, 0.6) is 0 Å². The van der Waals surface area contributed by atoms with E-state index in [4.69, 9.17) is 12.2 Å². The third-order valence-electron chi connectivity index (χ3n) is 3.06. The summed E-state index contributed by atoms with van der Waals surface area (Å²) in [6.07, 6.45) is 2.68. The van der Waals surface area contributed by atoms with Gasteiger partial charge in [-0.15, -0.1) is 17.9 Å². The van der Waals surface area contributed by atoms with Crippen molar-refractivity contribution in [1.29, 1.82) is 0 Å². The van der Waals surface area contributed by atoms with Crippen molar-refractivity contribution in [2.75, 3.05) is 5.75 Å². The molecule has 1 aliphatic rings. The van der Waals surface area contributed by atoms with Crippen LogP contribution in [0.3, 0.4) is 0 Å². The van der Waals surface area contributed by atoms with Gasteiger partial charge in [-0.2, -0.15) is 11.8 Å². The molecule has 0 spiro atoms. The number of aromatic amines is 1. The molecule has 0 unspecified atom stereocenters. The van der Waals surface area contributed by atoms with Crippen molar-refractivity contribution in [3.63, 3.8) is 0 Å². The Morgan fingerprint density at radius 3 is 3.17 bits per heavy atom. The molecule has 0 bridgehead atoms. The average Bonchev–Trinajstić information content (AvgIpc) is 2.72. The lowest BCUT2D eigenvalue weighted by atomic mass is 10.1. The molecule has 0 radical (unpaired) electrons. The fourth-order valence-electron chi connectivity index (χ4n) is 2.23. The zero-order valence-corrected chi connectivity index (χ0v) is 12.1. The van der Waals surface area contributed by atoms with Gasteiger partial charge in [-0.25, -0.2) is 0 Å². The van der Waals surface area contributed by atoms with Crippen molar-refractivity contribution in [2.24, 2.45) is 0 Å². The number of thiophene rings is 1. The number of aryl methyl sites for hydroxylation is 1. The number of thioether (sulfide) groups is 1. The Kier molecular flexibility index (Phi) is 3.17. The fourth-order valence-corrected chi connectivity index (χ4v) is 4.93. The number of nitrogens with zero attached hydrogens (tertiary/aromatic N) is 1. The third-order valence-corrected chi connectivity index (χ3v) is 5.69. The maximum absolute atomic E-state index is 12.5. The molecule has 3 heterocycles. The van der Waals surface area contributed by atoms with E-state index in [-0.39, 0.29) is 5.56 Å². The molecule has 0 atom stereocenters. The zero-order chi connectivity index (χ0) is 12.7. The van der Waals surface area contributed by atoms with Gasteiger partial charge in [0.25, 0.3) is 5.56 Å². The third kappa shape index (κ3) is 1.79. The molecule has 0 fully saturated rings. The second-order valence-corrected chi connectivity index (χ2v) is 6.74. The van der Waals surface area contributed by atoms with Crippen molar-refractivity contribution in [3.8, 4) is 0 Å². The van der Waals surface area contributed by atoms with Crippen molar-refractivity contribution >= 4 is 45.5 Å². The number of hydrogen-bond donors (Lipinski definition) is 1. The van der Waals surface area contributed by atoms with Crippen LogP contribution in [0.2, 0.25) is 0 Å². The molecule has 1 N–H and O–H groups in total. The summed E-state index contributed by atoms with van der Waals surface area (Å²) in [5.41, 5.74) is 1.25. The van der Waals surface area contributed by atoms with E-state index >= 15 is 0 Å². The zero-order valence-electron chi connectivity index (χ0n) is 9.69. The van der Waals surface area contributed by atoms with Gasteiger partial charge in [-0.05, 0) is 30.0 Å². The molecule has 0 saturated heterocycles. The second-order valence-electron chi connectivity index (χ2n) is 4.15. The summed E-state index contributed by atoms with van der Waals surface area (Å²) >= 11 is 8.83. The topological polar surface area (TPSA) is 37.8 Å². The summed E-state index contributed by atoms with van der Waals surface area (Å²) in [5.74, 6) is 2.10. The summed E-state index contributed by atoms with van der Waals surface area (Å²) in [6, 6.07) is 0. The first kappa shape index (κ1) is 12.2. The maximum atomic E-state index is 12.5. The Hall–Kier alpha value is -0.850. The first-order chi connectivity index (χ1) is 8.72. The van der Waals surface area contributed by atoms with Crippen molar-refractivity contribution < 1.29 is 0 Å². The summed E-state index contributed by atoms with van der Waals surface area (Å²) in [4.78, 5) is 17.9. The molecule has 0 aliphatic carbocycles. The van der Waals surface area contributed by atoms with E-state index in [2.05, 4.69) is 11.6 Å². The molecule has 94 valence electrons. The van der Waals surface area contributed by atoms with E-state index < -0.39 is 0 Å². The van der Waals surface area contributed by atoms with Gasteiger partial charge in [-0.1, -0.05) is 6.08 Å². The summed E-state index contributed by atoms with van der Waals surface area (Å²) < 4.78 is 2.07. The summed E-state index contributed by atoms with van der Waals surface area (Å²) in [5, 5.41) is 0.839. The van der Waals surface area contributed by atoms with E-state index in [0.29, 0.717) is 11.3 Å². The lowest BCUT2D eigenvalue weighted by Crippen LogP contribution is -2.22. The predicted octanol–water partition coefficient (Wildman–Crippen LogP) is 3.10. The van der Waals surface area contributed by atoms with E-state index in [1.807, 2.05) is 11.8 Å². The molecule has 0 saturated carbocycles. The number of nitrogens with one attached hydrogen (secondary N) is 1. The Bertz CT molecular complexity index is 738. The molecule has 6 heteroatoms. The smallest absolute Gasteiger partial charge is 0.263 e. The molecule has 3 nitrogen and oxygen atoms in total. The Labute approximate surface area is 118 Å². The number of fused-ring (bicyclic) bond motifs is 3. The van der Waals surface area contributed by atoms with Gasteiger partial charge in [0.05, 0.1) is 5.39 Å². The van der Waals surface area contributed by atoms with Gasteiger partial charge in [-0.3, -0.25) is 9.36 Å². The van der Waals surface area contributed by atoms with Crippen LogP contribution in [0.25, 0.3) is 10.2 Å². The van der Waals surface area contributed by atoms with Gasteiger partial charge in [0.15, 0.2) is 4.77 Å². The van der Waals surface area contributed by atoms with Crippen LogP contribution in [-0.4, -0.2) is 15.3 Å². The van der Waals surface area contributed by atoms with E-state index in [1.165, 1.54) is 10.4 Å². The molecule has 3 rings (SSSR count). The molecule has 0 aromatic carbocycles. The molecular weight excluding hydrogens is 284 g/mol. The van der Waals surface area contributed by atoms with E-state index in [0.717, 1.165) is 28.1 Å². The second kappa shape index (κ2) is 4.68. The largest absolute Gasteiger partial charge is 0.323 e. The van der Waals surface area contributed by atoms with Crippen LogP contribution in [-0.2, 0) is 18.7 Å². The number of hydrogen-bond acceptors (Lipinski definition) is 4. The average molecular weight is 296 g/mol. The highest BCUT2D eigenvalue weighted by Gasteiger charge is 2.19. The lowest BCUT2D eigenvalue weighted by Gasteiger charge is -2.10. The fraction of sp³-hybridized carbons (Fsp3) is 0.333. The summed E-state index contributed by atoms with van der Waals surface area (Å²) in [7, 11) is 0. The van der Waals surface area contributed by atoms with Crippen LogP contribution in [0.4, 0.5) is 0 Å². The highest BCUT2D eigenvalue weighted by molar-refractivity contribution is 7.98. The first-order valence-corrected chi connectivity index (χ1v) is 8.06. The van der Waals surface area contributed by atoms with Crippen LogP contribution in [0.15, 0.2) is 17.4 Å². The van der Waals surface area contributed by atoms with Gasteiger partial charge >= 0.3 is 0 Å². The number of aromatic nitrogens is 2. The Morgan fingerprint density at radius 1 is 1.56 bits per heavy atom. The van der Waals surface area contributed by atoms with Gasteiger partial charge in [0.2, 0.25) is 0 Å². The number of allylic oxidation sites excluding steroid dienone is 1. The highest BCUT2D eigenvalue weighted by atomic mass is 32.2. The Morgan fingerprint density at radius 2 is 2.39 bits per heavy atom. The van der Waals surface area contributed by atoms with Crippen molar-refractivity contribution in [1.82, 2.24) is 9.55 Å². The van der Waals surface area contributed by atoms with Crippen LogP contribution < -0.4 is 5.56 Å². The minimum absolute atomic E-state index is 0.0260. The maximum Gasteiger partial charge on any atom is 0.263 e. The first-order valence-electron chi connectivity index (χ1n) is 5.68. The lowest BCUT2D eigenvalue weighted by molar-refractivity contribution is 0.753.